The fraction of sp³-hybridized carbons (Fsp3) is 0.524. The highest BCUT2D eigenvalue weighted by Gasteiger charge is 2.23. The summed E-state index contributed by atoms with van der Waals surface area (Å²) in [5, 5.41) is 3.68. The van der Waals surface area contributed by atoms with Gasteiger partial charge in [0, 0.05) is 18.8 Å². The third-order valence-corrected chi connectivity index (χ3v) is 5.99. The van der Waals surface area contributed by atoms with Crippen LogP contribution in [0.2, 0.25) is 0 Å². The molecular formula is C21H24N4O4. The van der Waals surface area contributed by atoms with Crippen LogP contribution in [0.15, 0.2) is 15.5 Å². The number of hydrogen-bond donors (Lipinski definition) is 1. The first-order valence-electron chi connectivity index (χ1n) is 10.3. The SMILES string of the molecule is Cc1nc2oc3c(=O)n(CC(=O)NCC4CCCO4)cnc3c2c2c1CCCC2. The van der Waals surface area contributed by atoms with E-state index in [1.165, 1.54) is 22.0 Å². The van der Waals surface area contributed by atoms with Crippen molar-refractivity contribution in [2.75, 3.05) is 13.2 Å². The molecule has 1 atom stereocenters. The highest BCUT2D eigenvalue weighted by atomic mass is 16.5. The van der Waals surface area contributed by atoms with Gasteiger partial charge in [-0.3, -0.25) is 14.2 Å². The molecule has 1 saturated heterocycles. The monoisotopic (exact) mass is 396 g/mol. The second-order valence-corrected chi connectivity index (χ2v) is 7.94. The van der Waals surface area contributed by atoms with E-state index in [0.717, 1.165) is 56.2 Å². The van der Waals surface area contributed by atoms with Gasteiger partial charge < -0.3 is 14.5 Å². The molecule has 8 nitrogen and oxygen atoms in total. The van der Waals surface area contributed by atoms with Crippen LogP contribution < -0.4 is 10.9 Å². The number of hydrogen-bond acceptors (Lipinski definition) is 6. The van der Waals surface area contributed by atoms with Gasteiger partial charge in [-0.2, -0.15) is 0 Å². The van der Waals surface area contributed by atoms with Crippen LogP contribution in [0.25, 0.3) is 22.2 Å². The van der Waals surface area contributed by atoms with E-state index >= 15 is 0 Å². The lowest BCUT2D eigenvalue weighted by Crippen LogP contribution is -2.36. The molecule has 4 heterocycles. The smallest absolute Gasteiger partial charge is 0.297 e. The van der Waals surface area contributed by atoms with Crippen molar-refractivity contribution in [2.24, 2.45) is 0 Å². The van der Waals surface area contributed by atoms with Crippen molar-refractivity contribution in [1.82, 2.24) is 19.9 Å². The summed E-state index contributed by atoms with van der Waals surface area (Å²) in [6, 6.07) is 0. The number of carbonyl (C=O) groups is 1. The number of ether oxygens (including phenoxy) is 1. The Kier molecular flexibility index (Phi) is 4.58. The first-order chi connectivity index (χ1) is 14.1. The number of aryl methyl sites for hydroxylation is 2. The van der Waals surface area contributed by atoms with E-state index in [0.29, 0.717) is 17.8 Å². The average Bonchev–Trinajstić information content (AvgIpc) is 3.37. The molecule has 2 aliphatic rings. The molecule has 29 heavy (non-hydrogen) atoms. The number of furan rings is 1. The minimum atomic E-state index is -0.359. The number of nitrogens with zero attached hydrogens (tertiary/aromatic N) is 3. The van der Waals surface area contributed by atoms with Crippen molar-refractivity contribution in [2.45, 2.75) is 58.1 Å². The summed E-state index contributed by atoms with van der Waals surface area (Å²) in [5.41, 5.74) is 4.24. The molecule has 0 aromatic carbocycles. The molecule has 0 bridgehead atoms. The Labute approximate surface area is 167 Å². The molecule has 0 radical (unpaired) electrons. The lowest BCUT2D eigenvalue weighted by molar-refractivity contribution is -0.122. The van der Waals surface area contributed by atoms with Crippen molar-refractivity contribution < 1.29 is 13.9 Å². The number of fused-ring (bicyclic) bond motifs is 5. The molecule has 1 unspecified atom stereocenters. The molecular weight excluding hydrogens is 372 g/mol. The van der Waals surface area contributed by atoms with Crippen molar-refractivity contribution >= 4 is 28.1 Å². The van der Waals surface area contributed by atoms with Crippen LogP contribution in [0.4, 0.5) is 0 Å². The van der Waals surface area contributed by atoms with Gasteiger partial charge in [-0.25, -0.2) is 9.97 Å². The van der Waals surface area contributed by atoms with E-state index in [2.05, 4.69) is 15.3 Å². The normalized spacial score (nSPS) is 19.0. The number of amides is 1. The number of aromatic nitrogens is 3. The Hall–Kier alpha value is -2.74. The summed E-state index contributed by atoms with van der Waals surface area (Å²) in [7, 11) is 0. The highest BCUT2D eigenvalue weighted by molar-refractivity contribution is 6.03. The summed E-state index contributed by atoms with van der Waals surface area (Å²) >= 11 is 0. The standard InChI is InChI=1S/C21H24N4O4/c1-12-14-6-2-3-7-15(14)17-18-19(29-20(17)24-12)21(27)25(11-23-18)10-16(26)22-9-13-5-4-8-28-13/h11,13H,2-10H2,1H3,(H,22,26). The number of nitrogens with one attached hydrogen (secondary N) is 1. The van der Waals surface area contributed by atoms with Crippen LogP contribution in [0.1, 0.15) is 42.5 Å². The first kappa shape index (κ1) is 18.3. The minimum absolute atomic E-state index is 0.0622. The number of carbonyl (C=O) groups excluding carboxylic acids is 1. The van der Waals surface area contributed by atoms with Gasteiger partial charge in [-0.15, -0.1) is 0 Å². The van der Waals surface area contributed by atoms with Crippen LogP contribution in [0.5, 0.6) is 0 Å². The Balaban J connectivity index is 1.47. The van der Waals surface area contributed by atoms with Crippen LogP contribution in [0, 0.1) is 6.92 Å². The third kappa shape index (κ3) is 3.21. The fourth-order valence-corrected chi connectivity index (χ4v) is 4.50. The molecule has 3 aromatic rings. The van der Waals surface area contributed by atoms with Gasteiger partial charge in [0.2, 0.25) is 17.2 Å². The van der Waals surface area contributed by atoms with Gasteiger partial charge >= 0.3 is 0 Å². The molecule has 3 aromatic heterocycles. The second-order valence-electron chi connectivity index (χ2n) is 7.94. The third-order valence-electron chi connectivity index (χ3n) is 5.99. The van der Waals surface area contributed by atoms with E-state index in [1.54, 1.807) is 0 Å². The van der Waals surface area contributed by atoms with E-state index < -0.39 is 0 Å². The predicted molar refractivity (Wildman–Crippen MR) is 107 cm³/mol. The molecule has 1 amide bonds. The van der Waals surface area contributed by atoms with Crippen LogP contribution in [-0.4, -0.2) is 39.7 Å². The summed E-state index contributed by atoms with van der Waals surface area (Å²) in [4.78, 5) is 34.3. The highest BCUT2D eigenvalue weighted by Crippen LogP contribution is 2.34. The molecule has 0 saturated carbocycles. The molecule has 0 spiro atoms. The van der Waals surface area contributed by atoms with E-state index in [9.17, 15) is 9.59 Å². The minimum Gasteiger partial charge on any atom is -0.430 e. The Morgan fingerprint density at radius 2 is 2.10 bits per heavy atom. The van der Waals surface area contributed by atoms with E-state index in [4.69, 9.17) is 9.15 Å². The Morgan fingerprint density at radius 3 is 2.90 bits per heavy atom. The zero-order chi connectivity index (χ0) is 20.0. The van der Waals surface area contributed by atoms with Gasteiger partial charge in [0.25, 0.3) is 5.56 Å². The van der Waals surface area contributed by atoms with Gasteiger partial charge in [0.15, 0.2) is 0 Å². The number of pyridine rings is 1. The predicted octanol–water partition coefficient (Wildman–Crippen LogP) is 2.02. The second kappa shape index (κ2) is 7.26. The summed E-state index contributed by atoms with van der Waals surface area (Å²) < 4.78 is 12.6. The largest absolute Gasteiger partial charge is 0.430 e. The summed E-state index contributed by atoms with van der Waals surface area (Å²) in [6.07, 6.45) is 7.66. The number of rotatable bonds is 4. The average molecular weight is 396 g/mol. The van der Waals surface area contributed by atoms with Crippen molar-refractivity contribution in [3.8, 4) is 0 Å². The first-order valence-corrected chi connectivity index (χ1v) is 10.3. The summed E-state index contributed by atoms with van der Waals surface area (Å²) in [5.74, 6) is -0.244. The lowest BCUT2D eigenvalue weighted by Gasteiger charge is -2.17. The quantitative estimate of drug-likeness (QED) is 0.724. The molecule has 1 fully saturated rings. The topological polar surface area (TPSA) is 99.2 Å². The van der Waals surface area contributed by atoms with Crippen molar-refractivity contribution in [1.29, 1.82) is 0 Å². The van der Waals surface area contributed by atoms with Gasteiger partial charge in [-0.05, 0) is 56.6 Å². The zero-order valence-corrected chi connectivity index (χ0v) is 16.5. The maximum absolute atomic E-state index is 12.9. The molecule has 1 aliphatic heterocycles. The zero-order valence-electron chi connectivity index (χ0n) is 16.5. The van der Waals surface area contributed by atoms with E-state index in [1.807, 2.05) is 6.92 Å². The van der Waals surface area contributed by atoms with Crippen molar-refractivity contribution in [3.05, 3.63) is 33.5 Å². The maximum atomic E-state index is 12.9. The molecule has 5 rings (SSSR count). The van der Waals surface area contributed by atoms with Gasteiger partial charge in [-0.1, -0.05) is 0 Å². The van der Waals surface area contributed by atoms with Gasteiger partial charge in [0.05, 0.1) is 17.8 Å². The summed E-state index contributed by atoms with van der Waals surface area (Å²) in [6.45, 7) is 3.09. The van der Waals surface area contributed by atoms with Crippen LogP contribution in [-0.2, 0) is 28.9 Å². The Bertz CT molecular complexity index is 1160. The van der Waals surface area contributed by atoms with Crippen LogP contribution >= 0.6 is 0 Å². The molecule has 1 N–H and O–H groups in total. The lowest BCUT2D eigenvalue weighted by atomic mass is 9.89. The van der Waals surface area contributed by atoms with Gasteiger partial charge in [0.1, 0.15) is 12.1 Å². The molecule has 1 aliphatic carbocycles. The van der Waals surface area contributed by atoms with E-state index in [-0.39, 0.29) is 29.7 Å². The Morgan fingerprint density at radius 1 is 1.28 bits per heavy atom. The fourth-order valence-electron chi connectivity index (χ4n) is 4.50. The maximum Gasteiger partial charge on any atom is 0.297 e. The molecule has 152 valence electrons. The van der Waals surface area contributed by atoms with Crippen LogP contribution in [0.3, 0.4) is 0 Å². The molecule has 8 heteroatoms. The van der Waals surface area contributed by atoms with Crippen molar-refractivity contribution in [3.63, 3.8) is 0 Å².